The first-order chi connectivity index (χ1) is 55.3. The van der Waals surface area contributed by atoms with Crippen LogP contribution in [-0.4, -0.2) is 137 Å². The normalized spacial score (nSPS) is 19.2. The zero-order valence-electron chi connectivity index (χ0n) is 69.8. The number of hydrogen-bond acceptors (Lipinski definition) is 15. The van der Waals surface area contributed by atoms with Crippen LogP contribution < -0.4 is 39.0 Å². The first kappa shape index (κ1) is 85.2. The van der Waals surface area contributed by atoms with Crippen molar-refractivity contribution in [3.63, 3.8) is 0 Å². The molecule has 115 heavy (non-hydrogen) atoms. The predicted molar refractivity (Wildman–Crippen MR) is 462 cm³/mol. The van der Waals surface area contributed by atoms with Crippen molar-refractivity contribution >= 4 is 91.5 Å². The van der Waals surface area contributed by atoms with Crippen LogP contribution in [0.1, 0.15) is 172 Å². The van der Waals surface area contributed by atoms with E-state index in [0.717, 1.165) is 81.2 Å². The zero-order valence-corrected chi connectivity index (χ0v) is 71.8. The van der Waals surface area contributed by atoms with Gasteiger partial charge in [-0.15, -0.1) is 0 Å². The summed E-state index contributed by atoms with van der Waals surface area (Å²) in [5.41, 5.74) is 12.2. The van der Waals surface area contributed by atoms with Crippen LogP contribution >= 0.6 is 0 Å². The standard InChI is InChI=1S/C95H120N4O14Si2/c1-13-20-64-41-43-97(44-42-64)72-37-34-66(35-38-72)68-32-33-70-54-87(103)80-56-89(108-6)91(58-83(80)99(93(104)77(70)52-68)61-110-48-50-115(10,11)12)112-46-19-45-111-90-57-82-79(55-88(90)107-5)85(101)40-36-69-51-71(53-78(69)94(105)98(82)60-109-47-49-114(7,8)9)67-30-27-65(28-31-67)29-39-84(100)63(4)21-18-26-86(102)92(62(2)3)96-95(106)113-59-81-75-24-16-14-22-73(75)74-23-15-17-25-76(74)81/h14-17,22-25,27-32,34-35,37-39,51,55-58,62-64,69-70,77-78,81,92H,13,18-21,26,33,36,40-50,52-54,59-61H2,1-12H3,(H,96,106)/b39-29+/t63-,69?,70?,77-,78-,92+/m1/s1. The molecule has 0 radical (unpaired) electrons. The fourth-order valence-corrected chi connectivity index (χ4v) is 18.7. The first-order valence-electron chi connectivity index (χ1n) is 42.0. The van der Waals surface area contributed by atoms with Crippen LogP contribution in [-0.2, 0) is 33.4 Å². The Morgan fingerprint density at radius 1 is 0.609 bits per heavy atom. The Morgan fingerprint density at radius 3 is 1.74 bits per heavy atom. The summed E-state index contributed by atoms with van der Waals surface area (Å²) in [5, 5.41) is 2.84. The molecule has 3 aliphatic carbocycles. The number of rotatable bonds is 35. The van der Waals surface area contributed by atoms with Crippen molar-refractivity contribution in [1.29, 1.82) is 0 Å². The lowest BCUT2D eigenvalue weighted by atomic mass is 9.73. The molecule has 1 saturated heterocycles. The summed E-state index contributed by atoms with van der Waals surface area (Å²) in [5.74, 6) is -0.422. The minimum Gasteiger partial charge on any atom is -0.493 e. The summed E-state index contributed by atoms with van der Waals surface area (Å²) in [6.45, 7) is 25.0. The number of benzene rings is 6. The number of piperidine rings is 1. The number of allylic oxidation sites excluding steroid dienone is 5. The number of alkyl carbamates (subject to hydrolysis) is 1. The second-order valence-electron chi connectivity index (χ2n) is 35.2. The lowest BCUT2D eigenvalue weighted by molar-refractivity contribution is -0.125. The molecule has 6 aliphatic rings. The number of ketones is 4. The molecule has 3 amide bonds. The van der Waals surface area contributed by atoms with E-state index in [4.69, 9.17) is 33.2 Å². The SMILES string of the molecule is CCCC1CCN(c2ccc(C3=CCC4CC(=O)c5cc(OC)c(OCCCOc6cc7c(cc6OC)C(=O)CCC6C=C(c8ccc(/C=C/C(=O)[C@H](C)CCCC(=O)[C@@H](NC(=O)OCC9c%10ccccc%10-c%10ccccc%109)C(C)C)cc8)C[C@H]6C(=O)N7COCC[Si](C)(C)C)cc5N(COCC[Si](C)(C)C)C(=O)[C@@H]4C3)cc2)CC1. The number of nitrogens with one attached hydrogen (secondary N) is 1. The van der Waals surface area contributed by atoms with Gasteiger partial charge in [0.2, 0.25) is 11.8 Å². The topological polar surface area (TPSA) is 206 Å². The maximum atomic E-state index is 15.5. The number of hydrogen-bond donors (Lipinski definition) is 1. The van der Waals surface area contributed by atoms with Crippen molar-refractivity contribution in [2.45, 2.75) is 181 Å². The summed E-state index contributed by atoms with van der Waals surface area (Å²) >= 11 is 0. The van der Waals surface area contributed by atoms with E-state index in [1.165, 1.54) is 45.6 Å². The molecule has 612 valence electrons. The van der Waals surface area contributed by atoms with Gasteiger partial charge in [0.05, 0.1) is 44.8 Å². The summed E-state index contributed by atoms with van der Waals surface area (Å²) in [6.07, 6.45) is 16.0. The van der Waals surface area contributed by atoms with Gasteiger partial charge in [-0.25, -0.2) is 4.79 Å². The Labute approximate surface area is 683 Å². The predicted octanol–water partition coefficient (Wildman–Crippen LogP) is 19.8. The monoisotopic (exact) mass is 1600 g/mol. The molecule has 18 nitrogen and oxygen atoms in total. The molecular formula is C95H120N4O14Si2. The molecule has 6 aromatic rings. The van der Waals surface area contributed by atoms with Gasteiger partial charge in [0.25, 0.3) is 0 Å². The van der Waals surface area contributed by atoms with Crippen LogP contribution in [0, 0.1) is 41.4 Å². The number of amides is 3. The van der Waals surface area contributed by atoms with Crippen molar-refractivity contribution in [2.24, 2.45) is 41.4 Å². The number of Topliss-reactive ketones (excluding diaryl/α,β-unsaturated/α-hetero) is 3. The summed E-state index contributed by atoms with van der Waals surface area (Å²) in [7, 11) is 0.0192. The molecule has 12 rings (SSSR count). The Kier molecular flexibility index (Phi) is 28.7. The lowest BCUT2D eigenvalue weighted by Crippen LogP contribution is -2.44. The van der Waals surface area contributed by atoms with E-state index < -0.39 is 40.1 Å². The molecule has 3 aliphatic heterocycles. The fraction of sp³-hybridized carbons (Fsp3) is 0.484. The highest BCUT2D eigenvalue weighted by Crippen LogP contribution is 2.49. The van der Waals surface area contributed by atoms with Gasteiger partial charge in [-0.05, 0) is 168 Å². The van der Waals surface area contributed by atoms with E-state index in [1.54, 1.807) is 46.2 Å². The molecule has 20 heteroatoms. The van der Waals surface area contributed by atoms with Gasteiger partial charge >= 0.3 is 6.09 Å². The maximum Gasteiger partial charge on any atom is 0.407 e. The van der Waals surface area contributed by atoms with Crippen molar-refractivity contribution in [2.75, 3.05) is 88.5 Å². The van der Waals surface area contributed by atoms with Crippen molar-refractivity contribution in [3.8, 4) is 34.1 Å². The third-order valence-corrected chi connectivity index (χ3v) is 27.6. The molecule has 1 fully saturated rings. The van der Waals surface area contributed by atoms with E-state index in [9.17, 15) is 24.0 Å². The van der Waals surface area contributed by atoms with Gasteiger partial charge in [0, 0.05) is 121 Å². The van der Waals surface area contributed by atoms with Gasteiger partial charge < -0.3 is 43.4 Å². The maximum absolute atomic E-state index is 15.5. The van der Waals surface area contributed by atoms with Crippen LogP contribution in [0.25, 0.3) is 28.3 Å². The highest BCUT2D eigenvalue weighted by atomic mass is 28.3. The number of nitrogens with zero attached hydrogens (tertiary/aromatic N) is 3. The smallest absolute Gasteiger partial charge is 0.407 e. The number of fused-ring (bicyclic) bond motifs is 7. The number of anilines is 3. The van der Waals surface area contributed by atoms with Crippen LogP contribution in [0.4, 0.5) is 21.9 Å². The van der Waals surface area contributed by atoms with E-state index in [-0.39, 0.29) is 117 Å². The van der Waals surface area contributed by atoms with Crippen molar-refractivity contribution in [1.82, 2.24) is 5.32 Å². The summed E-state index contributed by atoms with van der Waals surface area (Å²) in [4.78, 5) is 106. The Morgan fingerprint density at radius 2 is 1.17 bits per heavy atom. The first-order valence-corrected chi connectivity index (χ1v) is 49.4. The largest absolute Gasteiger partial charge is 0.493 e. The highest BCUT2D eigenvalue weighted by molar-refractivity contribution is 6.76. The van der Waals surface area contributed by atoms with Gasteiger partial charge in [0.15, 0.2) is 46.1 Å². The Hall–Kier alpha value is -9.22. The lowest BCUT2D eigenvalue weighted by Gasteiger charge is -2.37. The quantitative estimate of drug-likeness (QED) is 0.0223. The number of carbonyl (C=O) groups is 7. The second-order valence-corrected chi connectivity index (χ2v) is 46.4. The molecule has 0 spiro atoms. The zero-order chi connectivity index (χ0) is 81.7. The molecule has 0 saturated carbocycles. The minimum absolute atomic E-state index is 0.0233. The molecule has 6 aromatic carbocycles. The highest BCUT2D eigenvalue weighted by Gasteiger charge is 2.43. The van der Waals surface area contributed by atoms with Gasteiger partial charge in [-0.2, -0.15) is 0 Å². The third kappa shape index (κ3) is 21.3. The van der Waals surface area contributed by atoms with Crippen molar-refractivity contribution < 1.29 is 66.7 Å². The van der Waals surface area contributed by atoms with Crippen LogP contribution in [0.5, 0.6) is 23.0 Å². The summed E-state index contributed by atoms with van der Waals surface area (Å²) < 4.78 is 43.6. The van der Waals surface area contributed by atoms with Crippen molar-refractivity contribution in [3.05, 3.63) is 178 Å². The average Bonchev–Trinajstić information content (AvgIpc) is 1.76. The van der Waals surface area contributed by atoms with Gasteiger partial charge in [-0.3, -0.25) is 38.6 Å². The van der Waals surface area contributed by atoms with E-state index in [1.807, 2.05) is 69.3 Å². The molecule has 0 bridgehead atoms. The van der Waals surface area contributed by atoms with Crippen LogP contribution in [0.15, 0.2) is 140 Å². The third-order valence-electron chi connectivity index (χ3n) is 24.2. The van der Waals surface area contributed by atoms with E-state index in [0.29, 0.717) is 104 Å². The van der Waals surface area contributed by atoms with E-state index >= 15 is 9.59 Å². The minimum atomic E-state index is -1.54. The molecular weight excluding hydrogens is 1480 g/mol. The molecule has 2 unspecified atom stereocenters. The number of carbonyl (C=O) groups excluding carboxylic acids is 7. The van der Waals surface area contributed by atoms with Gasteiger partial charge in [-0.1, -0.05) is 183 Å². The average molecular weight is 1600 g/mol. The summed E-state index contributed by atoms with van der Waals surface area (Å²) in [6, 6.07) is 41.0. The molecule has 3 heterocycles. The van der Waals surface area contributed by atoms with E-state index in [2.05, 4.69) is 117 Å². The Balaban J connectivity index is 0.673. The fourth-order valence-electron chi connectivity index (χ4n) is 17.2. The number of methoxy groups -OCH3 is 2. The van der Waals surface area contributed by atoms with Crippen LogP contribution in [0.3, 0.4) is 0 Å². The van der Waals surface area contributed by atoms with Crippen LogP contribution in [0.2, 0.25) is 51.4 Å². The molecule has 1 N–H and O–H groups in total. The van der Waals surface area contributed by atoms with Gasteiger partial charge in [0.1, 0.15) is 20.1 Å². The number of ether oxygens (including phenoxy) is 7. The second kappa shape index (κ2) is 38.7. The Bertz CT molecular complexity index is 4520. The molecule has 6 atom stereocenters. The molecule has 0 aromatic heterocycles.